The summed E-state index contributed by atoms with van der Waals surface area (Å²) in [7, 11) is 0. The van der Waals surface area contributed by atoms with Crippen LogP contribution in [-0.4, -0.2) is 34.4 Å². The van der Waals surface area contributed by atoms with Crippen LogP contribution in [0.4, 0.5) is 5.69 Å². The van der Waals surface area contributed by atoms with Crippen molar-refractivity contribution in [3.63, 3.8) is 0 Å². The molecule has 0 atom stereocenters. The largest absolute Gasteiger partial charge is 0.478 e. The number of rotatable bonds is 7. The normalized spacial score (nSPS) is 10.1. The van der Waals surface area contributed by atoms with Gasteiger partial charge < -0.3 is 16.2 Å². The van der Waals surface area contributed by atoms with Crippen molar-refractivity contribution in [2.75, 3.05) is 16.8 Å². The van der Waals surface area contributed by atoms with Crippen LogP contribution in [0.3, 0.4) is 0 Å². The number of amides is 2. The van der Waals surface area contributed by atoms with Gasteiger partial charge in [-0.25, -0.2) is 4.79 Å². The van der Waals surface area contributed by atoms with Crippen LogP contribution < -0.4 is 11.1 Å². The second-order valence-corrected chi connectivity index (χ2v) is 6.16. The molecule has 0 heterocycles. The second-order valence-electron chi connectivity index (χ2n) is 3.81. The Balaban J connectivity index is 2.57. The van der Waals surface area contributed by atoms with Gasteiger partial charge in [0, 0.05) is 15.7 Å². The Hall–Kier alpha value is -1.29. The van der Waals surface area contributed by atoms with Crippen LogP contribution in [0.15, 0.2) is 18.2 Å². The van der Waals surface area contributed by atoms with Crippen LogP contribution in [0.1, 0.15) is 16.8 Å². The number of halogens is 1. The molecular weight excluding hydrogens is 395 g/mol. The van der Waals surface area contributed by atoms with E-state index in [1.165, 1.54) is 17.8 Å². The fraction of sp³-hybridized carbons (Fsp3) is 0.250. The third kappa shape index (κ3) is 5.78. The maximum absolute atomic E-state index is 11.7. The standard InChI is InChI=1S/C12H13IN2O4S/c13-7-1-2-9(8(5-7)12(18)19)15-11(17)3-4-20-6-10(14)16/h1-2,5H,3-4,6H2,(H2,14,16)(H,15,17)(H,18,19). The van der Waals surface area contributed by atoms with Crippen LogP contribution >= 0.6 is 34.4 Å². The molecule has 0 aliphatic rings. The fourth-order valence-electron chi connectivity index (χ4n) is 1.35. The Bertz CT molecular complexity index is 536. The summed E-state index contributed by atoms with van der Waals surface area (Å²) < 4.78 is 0.773. The van der Waals surface area contributed by atoms with Gasteiger partial charge in [0.15, 0.2) is 0 Å². The zero-order chi connectivity index (χ0) is 15.1. The molecular formula is C12H13IN2O4S. The van der Waals surface area contributed by atoms with Crippen LogP contribution in [-0.2, 0) is 9.59 Å². The first-order chi connectivity index (χ1) is 9.40. The summed E-state index contributed by atoms with van der Waals surface area (Å²) in [6, 6.07) is 4.75. The van der Waals surface area contributed by atoms with Crippen molar-refractivity contribution < 1.29 is 19.5 Å². The molecule has 0 saturated heterocycles. The Kier molecular flexibility index (Phi) is 6.79. The molecule has 0 radical (unpaired) electrons. The summed E-state index contributed by atoms with van der Waals surface area (Å²) in [5, 5.41) is 11.6. The van der Waals surface area contributed by atoms with Gasteiger partial charge in [-0.1, -0.05) is 0 Å². The molecule has 0 fully saturated rings. The lowest BCUT2D eigenvalue weighted by Gasteiger charge is -2.08. The van der Waals surface area contributed by atoms with E-state index in [4.69, 9.17) is 10.8 Å². The quantitative estimate of drug-likeness (QED) is 0.469. The number of carbonyl (C=O) groups excluding carboxylic acids is 2. The van der Waals surface area contributed by atoms with E-state index in [0.717, 1.165) is 3.57 Å². The third-order valence-corrected chi connectivity index (χ3v) is 3.86. The highest BCUT2D eigenvalue weighted by Gasteiger charge is 2.13. The van der Waals surface area contributed by atoms with Crippen LogP contribution in [0.5, 0.6) is 0 Å². The molecule has 0 aliphatic heterocycles. The molecule has 4 N–H and O–H groups in total. The molecule has 0 unspecified atom stereocenters. The van der Waals surface area contributed by atoms with E-state index in [-0.39, 0.29) is 29.3 Å². The van der Waals surface area contributed by atoms with Gasteiger partial charge in [-0.2, -0.15) is 11.8 Å². The number of thioether (sulfide) groups is 1. The van der Waals surface area contributed by atoms with Crippen molar-refractivity contribution in [1.82, 2.24) is 0 Å². The first-order valence-electron chi connectivity index (χ1n) is 5.59. The van der Waals surface area contributed by atoms with E-state index >= 15 is 0 Å². The third-order valence-electron chi connectivity index (χ3n) is 2.20. The van der Waals surface area contributed by atoms with Crippen molar-refractivity contribution in [1.29, 1.82) is 0 Å². The van der Waals surface area contributed by atoms with Gasteiger partial charge in [0.05, 0.1) is 17.0 Å². The maximum atomic E-state index is 11.7. The number of hydrogen-bond donors (Lipinski definition) is 3. The van der Waals surface area contributed by atoms with E-state index < -0.39 is 11.9 Å². The Morgan fingerprint density at radius 3 is 2.65 bits per heavy atom. The minimum Gasteiger partial charge on any atom is -0.478 e. The lowest BCUT2D eigenvalue weighted by Crippen LogP contribution is -2.17. The minimum absolute atomic E-state index is 0.0510. The maximum Gasteiger partial charge on any atom is 0.337 e. The first kappa shape index (κ1) is 16.8. The molecule has 8 heteroatoms. The molecule has 20 heavy (non-hydrogen) atoms. The minimum atomic E-state index is -1.10. The molecule has 0 spiro atoms. The molecule has 108 valence electrons. The lowest BCUT2D eigenvalue weighted by molar-refractivity contribution is -0.116. The molecule has 0 aliphatic carbocycles. The van der Waals surface area contributed by atoms with Gasteiger partial charge in [-0.05, 0) is 40.8 Å². The molecule has 1 aromatic carbocycles. The number of anilines is 1. The molecule has 0 saturated carbocycles. The van der Waals surface area contributed by atoms with Gasteiger partial charge in [0.2, 0.25) is 11.8 Å². The zero-order valence-electron chi connectivity index (χ0n) is 10.4. The van der Waals surface area contributed by atoms with Crippen LogP contribution in [0.25, 0.3) is 0 Å². The molecule has 2 amide bonds. The van der Waals surface area contributed by atoms with E-state index in [1.54, 1.807) is 12.1 Å². The van der Waals surface area contributed by atoms with Crippen LogP contribution in [0, 0.1) is 3.57 Å². The number of aromatic carboxylic acids is 1. The number of nitrogens with two attached hydrogens (primary N) is 1. The lowest BCUT2D eigenvalue weighted by atomic mass is 10.2. The monoisotopic (exact) mass is 408 g/mol. The van der Waals surface area contributed by atoms with Gasteiger partial charge in [0.25, 0.3) is 0 Å². The highest BCUT2D eigenvalue weighted by molar-refractivity contribution is 14.1. The summed E-state index contributed by atoms with van der Waals surface area (Å²) in [6.07, 6.45) is 0.184. The van der Waals surface area contributed by atoms with Gasteiger partial charge in [0.1, 0.15) is 0 Å². The van der Waals surface area contributed by atoms with E-state index in [1.807, 2.05) is 22.6 Å². The van der Waals surface area contributed by atoms with Crippen LogP contribution in [0.2, 0.25) is 0 Å². The molecule has 1 aromatic rings. The summed E-state index contributed by atoms with van der Waals surface area (Å²) >= 11 is 3.26. The van der Waals surface area contributed by atoms with Gasteiger partial charge in [-0.3, -0.25) is 9.59 Å². The average Bonchev–Trinajstić information content (AvgIpc) is 2.36. The molecule has 0 aromatic heterocycles. The zero-order valence-corrected chi connectivity index (χ0v) is 13.4. The number of carbonyl (C=O) groups is 3. The van der Waals surface area contributed by atoms with E-state index in [0.29, 0.717) is 5.75 Å². The number of nitrogens with one attached hydrogen (secondary N) is 1. The van der Waals surface area contributed by atoms with Crippen molar-refractivity contribution in [2.24, 2.45) is 5.73 Å². The van der Waals surface area contributed by atoms with Crippen molar-refractivity contribution in [3.05, 3.63) is 27.3 Å². The predicted molar refractivity (Wildman–Crippen MR) is 85.9 cm³/mol. The second kappa shape index (κ2) is 8.10. The summed E-state index contributed by atoms with van der Waals surface area (Å²) in [5.74, 6) is -1.22. The Labute approximate surface area is 133 Å². The fourth-order valence-corrected chi connectivity index (χ4v) is 2.52. The number of benzene rings is 1. The molecule has 0 bridgehead atoms. The Morgan fingerprint density at radius 1 is 1.35 bits per heavy atom. The van der Waals surface area contributed by atoms with Crippen molar-refractivity contribution in [2.45, 2.75) is 6.42 Å². The number of carboxylic acids is 1. The van der Waals surface area contributed by atoms with Gasteiger partial charge in [-0.15, -0.1) is 0 Å². The summed E-state index contributed by atoms with van der Waals surface area (Å²) in [4.78, 5) is 33.3. The van der Waals surface area contributed by atoms with Gasteiger partial charge >= 0.3 is 5.97 Å². The van der Waals surface area contributed by atoms with Crippen molar-refractivity contribution in [3.8, 4) is 0 Å². The topological polar surface area (TPSA) is 109 Å². The summed E-state index contributed by atoms with van der Waals surface area (Å²) in [6.45, 7) is 0. The first-order valence-corrected chi connectivity index (χ1v) is 7.82. The smallest absolute Gasteiger partial charge is 0.337 e. The predicted octanol–water partition coefficient (Wildman–Crippen LogP) is 1.54. The highest BCUT2D eigenvalue weighted by atomic mass is 127. The highest BCUT2D eigenvalue weighted by Crippen LogP contribution is 2.19. The number of carboxylic acid groups (broad SMARTS) is 1. The summed E-state index contributed by atoms with van der Waals surface area (Å²) in [5.41, 5.74) is 5.29. The van der Waals surface area contributed by atoms with E-state index in [9.17, 15) is 14.4 Å². The SMILES string of the molecule is NC(=O)CSCCC(=O)Nc1ccc(I)cc1C(=O)O. The average molecular weight is 408 g/mol. The number of hydrogen-bond acceptors (Lipinski definition) is 4. The molecule has 6 nitrogen and oxygen atoms in total. The van der Waals surface area contributed by atoms with Crippen molar-refractivity contribution >= 4 is 57.8 Å². The number of primary amides is 1. The van der Waals surface area contributed by atoms with E-state index in [2.05, 4.69) is 5.32 Å². The molecule has 1 rings (SSSR count). The Morgan fingerprint density at radius 2 is 2.05 bits per heavy atom.